The second-order valence-electron chi connectivity index (χ2n) is 3.32. The molecule has 2 aromatic heterocycles. The summed E-state index contributed by atoms with van der Waals surface area (Å²) in [7, 11) is 0. The van der Waals surface area contributed by atoms with E-state index in [9.17, 15) is 4.79 Å². The predicted molar refractivity (Wildman–Crippen MR) is 56.6 cm³/mol. The first kappa shape index (κ1) is 8.11. The van der Waals surface area contributed by atoms with Gasteiger partial charge < -0.3 is 4.42 Å². The summed E-state index contributed by atoms with van der Waals surface area (Å²) in [6, 6.07) is 9.24. The molecule has 2 N–H and O–H groups in total. The van der Waals surface area contributed by atoms with E-state index in [0.717, 1.165) is 16.8 Å². The lowest BCUT2D eigenvalue weighted by atomic mass is 10.1. The molecule has 0 unspecified atom stereocenters. The molecule has 0 amide bonds. The van der Waals surface area contributed by atoms with Crippen molar-refractivity contribution < 1.29 is 4.42 Å². The summed E-state index contributed by atoms with van der Waals surface area (Å²) in [5, 5.41) is 6.01. The monoisotopic (exact) mass is 200 g/mol. The van der Waals surface area contributed by atoms with Crippen molar-refractivity contribution in [3.63, 3.8) is 0 Å². The summed E-state index contributed by atoms with van der Waals surface area (Å²) in [4.78, 5) is 11.3. The topological polar surface area (TPSA) is 61.8 Å². The maximum atomic E-state index is 11.3. The van der Waals surface area contributed by atoms with Crippen molar-refractivity contribution in [2.75, 3.05) is 0 Å². The quantitative estimate of drug-likeness (QED) is 0.632. The second-order valence-corrected chi connectivity index (χ2v) is 3.32. The Labute approximate surface area is 84.5 Å². The van der Waals surface area contributed by atoms with Crippen LogP contribution in [0.3, 0.4) is 0 Å². The molecule has 0 aliphatic carbocycles. The molecule has 4 nitrogen and oxygen atoms in total. The molecule has 0 bridgehead atoms. The first-order valence-electron chi connectivity index (χ1n) is 4.59. The first-order valence-corrected chi connectivity index (χ1v) is 4.59. The van der Waals surface area contributed by atoms with E-state index in [2.05, 4.69) is 10.2 Å². The Kier molecular flexibility index (Phi) is 1.56. The van der Waals surface area contributed by atoms with Gasteiger partial charge in [0.25, 0.3) is 5.56 Å². The van der Waals surface area contributed by atoms with E-state index in [1.54, 1.807) is 12.3 Å². The maximum Gasteiger partial charge on any atom is 0.271 e. The third kappa shape index (κ3) is 1.19. The van der Waals surface area contributed by atoms with Crippen LogP contribution < -0.4 is 5.56 Å². The molecule has 4 heteroatoms. The van der Waals surface area contributed by atoms with Crippen molar-refractivity contribution in [3.05, 3.63) is 46.9 Å². The van der Waals surface area contributed by atoms with Crippen molar-refractivity contribution in [3.8, 4) is 11.3 Å². The minimum absolute atomic E-state index is 0.101. The fourth-order valence-corrected chi connectivity index (χ4v) is 1.63. The largest absolute Gasteiger partial charge is 0.464 e. The van der Waals surface area contributed by atoms with Crippen LogP contribution in [0, 0.1) is 0 Å². The molecule has 0 aliphatic rings. The molecule has 0 atom stereocenters. The number of aromatic amines is 2. The van der Waals surface area contributed by atoms with Crippen LogP contribution >= 0.6 is 0 Å². The molecule has 3 aromatic rings. The molecule has 15 heavy (non-hydrogen) atoms. The van der Waals surface area contributed by atoms with Crippen LogP contribution in [0.5, 0.6) is 0 Å². The van der Waals surface area contributed by atoms with E-state index in [-0.39, 0.29) is 5.56 Å². The van der Waals surface area contributed by atoms with Gasteiger partial charge in [-0.1, -0.05) is 6.07 Å². The molecule has 0 saturated heterocycles. The smallest absolute Gasteiger partial charge is 0.271 e. The number of hydrogen-bond donors (Lipinski definition) is 2. The summed E-state index contributed by atoms with van der Waals surface area (Å²) in [5.41, 5.74) is 1.63. The van der Waals surface area contributed by atoms with E-state index in [4.69, 9.17) is 4.42 Å². The number of furan rings is 1. The van der Waals surface area contributed by atoms with Gasteiger partial charge in [-0.05, 0) is 24.3 Å². The van der Waals surface area contributed by atoms with E-state index in [0.29, 0.717) is 5.39 Å². The second kappa shape index (κ2) is 2.88. The van der Waals surface area contributed by atoms with Crippen molar-refractivity contribution in [1.29, 1.82) is 0 Å². The lowest BCUT2D eigenvalue weighted by Gasteiger charge is -1.95. The van der Waals surface area contributed by atoms with Crippen LogP contribution in [0.15, 0.2) is 45.8 Å². The van der Waals surface area contributed by atoms with Crippen LogP contribution in [0.4, 0.5) is 0 Å². The van der Waals surface area contributed by atoms with Crippen molar-refractivity contribution in [2.45, 2.75) is 0 Å². The average Bonchev–Trinajstić information content (AvgIpc) is 2.88. The van der Waals surface area contributed by atoms with Crippen LogP contribution in [0.2, 0.25) is 0 Å². The fraction of sp³-hybridized carbons (Fsp3) is 0. The molecular weight excluding hydrogens is 192 g/mol. The summed E-state index contributed by atoms with van der Waals surface area (Å²) in [6.45, 7) is 0. The van der Waals surface area contributed by atoms with Gasteiger partial charge in [-0.25, -0.2) is 0 Å². The van der Waals surface area contributed by atoms with Gasteiger partial charge in [-0.3, -0.25) is 15.0 Å². The van der Waals surface area contributed by atoms with Gasteiger partial charge in [0, 0.05) is 5.56 Å². The van der Waals surface area contributed by atoms with Crippen molar-refractivity contribution >= 4 is 10.9 Å². The van der Waals surface area contributed by atoms with Crippen LogP contribution in [0.25, 0.3) is 22.2 Å². The zero-order chi connectivity index (χ0) is 10.3. The molecule has 74 valence electrons. The summed E-state index contributed by atoms with van der Waals surface area (Å²) < 4.78 is 5.27. The van der Waals surface area contributed by atoms with Crippen molar-refractivity contribution in [1.82, 2.24) is 10.2 Å². The minimum atomic E-state index is -0.101. The predicted octanol–water partition coefficient (Wildman–Crippen LogP) is 2.12. The lowest BCUT2D eigenvalue weighted by molar-refractivity contribution is 0.582. The molecule has 0 saturated carbocycles. The highest BCUT2D eigenvalue weighted by molar-refractivity contribution is 5.82. The van der Waals surface area contributed by atoms with Crippen LogP contribution in [0.1, 0.15) is 0 Å². The van der Waals surface area contributed by atoms with Gasteiger partial charge in [-0.15, -0.1) is 0 Å². The summed E-state index contributed by atoms with van der Waals surface area (Å²) in [5.74, 6) is 0.791. The minimum Gasteiger partial charge on any atom is -0.464 e. The molecule has 0 radical (unpaired) electrons. The third-order valence-corrected chi connectivity index (χ3v) is 2.38. The van der Waals surface area contributed by atoms with E-state index >= 15 is 0 Å². The Morgan fingerprint density at radius 2 is 2.07 bits per heavy atom. The number of hydrogen-bond acceptors (Lipinski definition) is 2. The van der Waals surface area contributed by atoms with Gasteiger partial charge in [0.2, 0.25) is 0 Å². The number of H-pyrrole nitrogens is 2. The highest BCUT2D eigenvalue weighted by Crippen LogP contribution is 2.22. The van der Waals surface area contributed by atoms with Crippen LogP contribution in [-0.4, -0.2) is 10.2 Å². The normalized spacial score (nSPS) is 10.9. The Balaban J connectivity index is 2.27. The molecule has 3 rings (SSSR count). The van der Waals surface area contributed by atoms with E-state index in [1.165, 1.54) is 0 Å². The summed E-state index contributed by atoms with van der Waals surface area (Å²) >= 11 is 0. The molecule has 0 fully saturated rings. The third-order valence-electron chi connectivity index (χ3n) is 2.38. The standard InChI is InChI=1S/C11H8N2O2/c14-11-8-4-3-7(6-9(8)12-13-11)10-2-1-5-15-10/h1-6H,(H2,12,13,14). The molecule has 1 aromatic carbocycles. The Morgan fingerprint density at radius 3 is 2.87 bits per heavy atom. The van der Waals surface area contributed by atoms with Gasteiger partial charge >= 0.3 is 0 Å². The highest BCUT2D eigenvalue weighted by Gasteiger charge is 2.04. The number of rotatable bonds is 1. The molecule has 0 aliphatic heterocycles. The number of benzene rings is 1. The molecule has 0 spiro atoms. The van der Waals surface area contributed by atoms with Gasteiger partial charge in [0.15, 0.2) is 0 Å². The van der Waals surface area contributed by atoms with E-state index < -0.39 is 0 Å². The first-order chi connectivity index (χ1) is 7.34. The summed E-state index contributed by atoms with van der Waals surface area (Å²) in [6.07, 6.45) is 1.62. The fourth-order valence-electron chi connectivity index (χ4n) is 1.63. The Morgan fingerprint density at radius 1 is 1.13 bits per heavy atom. The molecule has 2 heterocycles. The van der Waals surface area contributed by atoms with Crippen LogP contribution in [-0.2, 0) is 0 Å². The highest BCUT2D eigenvalue weighted by atomic mass is 16.3. The SMILES string of the molecule is O=c1[nH][nH]c2cc(-c3ccco3)ccc12. The Bertz CT molecular complexity index is 647. The number of aromatic nitrogens is 2. The van der Waals surface area contributed by atoms with Crippen molar-refractivity contribution in [2.24, 2.45) is 0 Å². The average molecular weight is 200 g/mol. The number of fused-ring (bicyclic) bond motifs is 1. The van der Waals surface area contributed by atoms with E-state index in [1.807, 2.05) is 24.3 Å². The maximum absolute atomic E-state index is 11.3. The zero-order valence-corrected chi connectivity index (χ0v) is 7.78. The lowest BCUT2D eigenvalue weighted by Crippen LogP contribution is -1.96. The number of nitrogens with one attached hydrogen (secondary N) is 2. The Hall–Kier alpha value is -2.23. The van der Waals surface area contributed by atoms with Gasteiger partial charge in [0.05, 0.1) is 17.2 Å². The van der Waals surface area contributed by atoms with Gasteiger partial charge in [-0.2, -0.15) is 0 Å². The zero-order valence-electron chi connectivity index (χ0n) is 7.78. The van der Waals surface area contributed by atoms with Gasteiger partial charge in [0.1, 0.15) is 5.76 Å². The molecular formula is C11H8N2O2.